The van der Waals surface area contributed by atoms with E-state index in [1.54, 1.807) is 37.5 Å². The third-order valence-electron chi connectivity index (χ3n) is 3.37. The fourth-order valence-electron chi connectivity index (χ4n) is 2.11. The predicted molar refractivity (Wildman–Crippen MR) is 100 cm³/mol. The normalized spacial score (nSPS) is 10.4. The van der Waals surface area contributed by atoms with Crippen LogP contribution < -0.4 is 10.1 Å². The molecule has 2 aromatic heterocycles. The van der Waals surface area contributed by atoms with Crippen molar-refractivity contribution >= 4 is 34.1 Å². The van der Waals surface area contributed by atoms with Crippen LogP contribution in [-0.2, 0) is 11.2 Å². The van der Waals surface area contributed by atoms with E-state index >= 15 is 0 Å². The summed E-state index contributed by atoms with van der Waals surface area (Å²) in [7, 11) is 1.65. The molecule has 1 N–H and O–H groups in total. The average molecular weight is 371 g/mol. The molecule has 0 atom stereocenters. The molecule has 3 aromatic rings. The van der Waals surface area contributed by atoms with Gasteiger partial charge in [0.25, 0.3) is 0 Å². The summed E-state index contributed by atoms with van der Waals surface area (Å²) < 4.78 is 6.17. The molecular weight excluding hydrogens is 354 g/mol. The Labute approximate surface area is 154 Å². The zero-order valence-electron chi connectivity index (χ0n) is 13.6. The number of carbonyl (C=O) groups excluding carboxylic acids is 1. The Morgan fingerprint density at radius 3 is 2.80 bits per heavy atom. The highest BCUT2D eigenvalue weighted by Crippen LogP contribution is 2.34. The van der Waals surface area contributed by atoms with Gasteiger partial charge < -0.3 is 10.1 Å². The lowest BCUT2D eigenvalue weighted by Crippen LogP contribution is -2.12. The van der Waals surface area contributed by atoms with Gasteiger partial charge in [-0.05, 0) is 42.3 Å². The predicted octanol–water partition coefficient (Wildman–Crippen LogP) is 4.27. The number of carbonyl (C=O) groups is 1. The molecule has 0 radical (unpaired) electrons. The Bertz CT molecular complexity index is 820. The molecular formula is C18H17N3O2S2. The van der Waals surface area contributed by atoms with Gasteiger partial charge in [-0.3, -0.25) is 9.78 Å². The SMILES string of the molecule is COc1ccc(Sc2cnc(NC(=O)CCc3cccnc3)s2)cc1. The minimum Gasteiger partial charge on any atom is -0.497 e. The third-order valence-corrected chi connectivity index (χ3v) is 5.39. The molecule has 1 aromatic carbocycles. The molecule has 5 nitrogen and oxygen atoms in total. The van der Waals surface area contributed by atoms with E-state index in [2.05, 4.69) is 15.3 Å². The summed E-state index contributed by atoms with van der Waals surface area (Å²) in [5.41, 5.74) is 1.05. The van der Waals surface area contributed by atoms with Crippen LogP contribution in [0.1, 0.15) is 12.0 Å². The van der Waals surface area contributed by atoms with Crippen LogP contribution in [-0.4, -0.2) is 23.0 Å². The number of benzene rings is 1. The van der Waals surface area contributed by atoms with Gasteiger partial charge in [-0.2, -0.15) is 0 Å². The van der Waals surface area contributed by atoms with E-state index in [0.717, 1.165) is 20.4 Å². The van der Waals surface area contributed by atoms with Gasteiger partial charge in [-0.1, -0.05) is 29.2 Å². The highest BCUT2D eigenvalue weighted by molar-refractivity contribution is 8.01. The van der Waals surface area contributed by atoms with E-state index in [-0.39, 0.29) is 5.91 Å². The fourth-order valence-corrected chi connectivity index (χ4v) is 3.98. The number of thiazole rings is 1. The van der Waals surface area contributed by atoms with Crippen molar-refractivity contribution in [2.24, 2.45) is 0 Å². The van der Waals surface area contributed by atoms with Crippen LogP contribution in [0.4, 0.5) is 5.13 Å². The molecule has 0 unspecified atom stereocenters. The highest BCUT2D eigenvalue weighted by atomic mass is 32.2. The van der Waals surface area contributed by atoms with Crippen molar-refractivity contribution < 1.29 is 9.53 Å². The molecule has 7 heteroatoms. The Hall–Kier alpha value is -2.38. The number of nitrogens with one attached hydrogen (secondary N) is 1. The van der Waals surface area contributed by atoms with Crippen LogP contribution >= 0.6 is 23.1 Å². The van der Waals surface area contributed by atoms with E-state index in [9.17, 15) is 4.79 Å². The quantitative estimate of drug-likeness (QED) is 0.672. The maximum absolute atomic E-state index is 12.0. The summed E-state index contributed by atoms with van der Waals surface area (Å²) in [5, 5.41) is 3.47. The summed E-state index contributed by atoms with van der Waals surface area (Å²) in [6, 6.07) is 11.7. The highest BCUT2D eigenvalue weighted by Gasteiger charge is 2.08. The van der Waals surface area contributed by atoms with E-state index < -0.39 is 0 Å². The molecule has 0 aliphatic carbocycles. The van der Waals surface area contributed by atoms with Crippen molar-refractivity contribution in [3.63, 3.8) is 0 Å². The fraction of sp³-hybridized carbons (Fsp3) is 0.167. The van der Waals surface area contributed by atoms with Crippen molar-refractivity contribution in [2.45, 2.75) is 21.9 Å². The number of nitrogens with zero attached hydrogens (tertiary/aromatic N) is 2. The minimum atomic E-state index is -0.0424. The molecule has 0 saturated heterocycles. The van der Waals surface area contributed by atoms with E-state index in [1.807, 2.05) is 36.4 Å². The molecule has 0 spiro atoms. The van der Waals surface area contributed by atoms with Gasteiger partial charge in [0.2, 0.25) is 5.91 Å². The van der Waals surface area contributed by atoms with E-state index in [4.69, 9.17) is 4.74 Å². The Morgan fingerprint density at radius 1 is 1.24 bits per heavy atom. The average Bonchev–Trinajstić information content (AvgIpc) is 3.08. The van der Waals surface area contributed by atoms with Gasteiger partial charge in [0.1, 0.15) is 5.75 Å². The summed E-state index contributed by atoms with van der Waals surface area (Å²) in [6.07, 6.45) is 6.35. The molecule has 2 heterocycles. The molecule has 3 rings (SSSR count). The molecule has 25 heavy (non-hydrogen) atoms. The van der Waals surface area contributed by atoms with Crippen molar-refractivity contribution in [3.8, 4) is 5.75 Å². The second-order valence-electron chi connectivity index (χ2n) is 5.17. The maximum Gasteiger partial charge on any atom is 0.226 e. The van der Waals surface area contributed by atoms with Gasteiger partial charge in [0.15, 0.2) is 5.13 Å². The zero-order valence-corrected chi connectivity index (χ0v) is 15.3. The van der Waals surface area contributed by atoms with Gasteiger partial charge in [-0.25, -0.2) is 4.98 Å². The molecule has 0 saturated carbocycles. The third kappa shape index (κ3) is 5.30. The van der Waals surface area contributed by atoms with E-state index in [1.165, 1.54) is 11.3 Å². The van der Waals surface area contributed by atoms with Gasteiger partial charge in [0.05, 0.1) is 17.5 Å². The maximum atomic E-state index is 12.0. The first-order valence-corrected chi connectivity index (χ1v) is 9.33. The monoisotopic (exact) mass is 371 g/mol. The number of hydrogen-bond donors (Lipinski definition) is 1. The van der Waals surface area contributed by atoms with Crippen molar-refractivity contribution in [3.05, 3.63) is 60.6 Å². The number of anilines is 1. The molecule has 1 amide bonds. The second kappa shape index (κ2) is 8.64. The lowest BCUT2D eigenvalue weighted by molar-refractivity contribution is -0.116. The number of rotatable bonds is 7. The van der Waals surface area contributed by atoms with Crippen molar-refractivity contribution in [1.82, 2.24) is 9.97 Å². The summed E-state index contributed by atoms with van der Waals surface area (Å²) >= 11 is 3.07. The van der Waals surface area contributed by atoms with Gasteiger partial charge >= 0.3 is 0 Å². The zero-order chi connectivity index (χ0) is 17.5. The van der Waals surface area contributed by atoms with Crippen LogP contribution in [0.5, 0.6) is 5.75 Å². The topological polar surface area (TPSA) is 64.1 Å². The smallest absolute Gasteiger partial charge is 0.226 e. The molecule has 0 fully saturated rings. The minimum absolute atomic E-state index is 0.0424. The van der Waals surface area contributed by atoms with Crippen LogP contribution in [0.2, 0.25) is 0 Å². The largest absolute Gasteiger partial charge is 0.497 e. The first-order valence-electron chi connectivity index (χ1n) is 7.69. The molecule has 128 valence electrons. The Morgan fingerprint density at radius 2 is 2.08 bits per heavy atom. The standard InChI is InChI=1S/C18H17N3O2S2/c1-23-14-5-7-15(8-6-14)24-17-12-20-18(25-17)21-16(22)9-4-13-3-2-10-19-11-13/h2-3,5-8,10-12H,4,9H2,1H3,(H,20,21,22). The summed E-state index contributed by atoms with van der Waals surface area (Å²) in [4.78, 5) is 21.5. The van der Waals surface area contributed by atoms with Crippen molar-refractivity contribution in [1.29, 1.82) is 0 Å². The van der Waals surface area contributed by atoms with Gasteiger partial charge in [0, 0.05) is 23.7 Å². The summed E-state index contributed by atoms with van der Waals surface area (Å²) in [6.45, 7) is 0. The first kappa shape index (κ1) is 17.4. The lowest BCUT2D eigenvalue weighted by atomic mass is 10.1. The van der Waals surface area contributed by atoms with Gasteiger partial charge in [-0.15, -0.1) is 0 Å². The number of aryl methyl sites for hydroxylation is 1. The van der Waals surface area contributed by atoms with Crippen LogP contribution in [0.25, 0.3) is 0 Å². The lowest BCUT2D eigenvalue weighted by Gasteiger charge is -2.02. The molecule has 0 aliphatic heterocycles. The molecule has 0 bridgehead atoms. The van der Waals surface area contributed by atoms with Crippen LogP contribution in [0.3, 0.4) is 0 Å². The Kier molecular flexibility index (Phi) is 6.03. The number of aromatic nitrogens is 2. The summed E-state index contributed by atoms with van der Waals surface area (Å²) in [5.74, 6) is 0.787. The number of amides is 1. The van der Waals surface area contributed by atoms with Crippen LogP contribution in [0.15, 0.2) is 64.1 Å². The Balaban J connectivity index is 1.51. The second-order valence-corrected chi connectivity index (χ2v) is 7.58. The number of pyridine rings is 1. The van der Waals surface area contributed by atoms with E-state index in [0.29, 0.717) is 18.0 Å². The first-order chi connectivity index (χ1) is 12.2. The van der Waals surface area contributed by atoms with Crippen LogP contribution in [0, 0.1) is 0 Å². The number of methoxy groups -OCH3 is 1. The number of ether oxygens (including phenoxy) is 1. The number of hydrogen-bond acceptors (Lipinski definition) is 6. The van der Waals surface area contributed by atoms with Crippen molar-refractivity contribution in [2.75, 3.05) is 12.4 Å². The molecule has 0 aliphatic rings.